The molecule has 0 aliphatic heterocycles. The number of hydrogen-bond donors (Lipinski definition) is 1. The Bertz CT molecular complexity index is 570. The van der Waals surface area contributed by atoms with Crippen LogP contribution in [-0.2, 0) is 14.8 Å². The van der Waals surface area contributed by atoms with Crippen LogP contribution in [0.1, 0.15) is 33.6 Å². The normalized spacial score (nSPS) is 13.4. The second-order valence-corrected chi connectivity index (χ2v) is 7.89. The molecule has 124 valence electrons. The van der Waals surface area contributed by atoms with Crippen LogP contribution in [0.15, 0.2) is 35.2 Å². The molecular formula is C16H26N2O3S. The Morgan fingerprint density at radius 1 is 1.18 bits per heavy atom. The highest BCUT2D eigenvalue weighted by atomic mass is 32.2. The Morgan fingerprint density at radius 2 is 1.77 bits per heavy atom. The predicted molar refractivity (Wildman–Crippen MR) is 87.9 cm³/mol. The summed E-state index contributed by atoms with van der Waals surface area (Å²) >= 11 is 0. The molecule has 0 fully saturated rings. The molecule has 5 nitrogen and oxygen atoms in total. The lowest BCUT2D eigenvalue weighted by Gasteiger charge is -2.19. The van der Waals surface area contributed by atoms with Crippen molar-refractivity contribution in [3.8, 4) is 0 Å². The number of carbonyl (C=O) groups excluding carboxylic acids is 1. The summed E-state index contributed by atoms with van der Waals surface area (Å²) in [5, 5.41) is 2.92. The molecule has 0 radical (unpaired) electrons. The first kappa shape index (κ1) is 18.6. The van der Waals surface area contributed by atoms with Crippen LogP contribution >= 0.6 is 0 Å². The molecule has 22 heavy (non-hydrogen) atoms. The smallest absolute Gasteiger partial charge is 0.242 e. The van der Waals surface area contributed by atoms with Crippen molar-refractivity contribution in [2.75, 3.05) is 13.6 Å². The number of rotatable bonds is 8. The lowest BCUT2D eigenvalue weighted by Crippen LogP contribution is -2.36. The van der Waals surface area contributed by atoms with Gasteiger partial charge in [-0.1, -0.05) is 32.0 Å². The van der Waals surface area contributed by atoms with E-state index in [1.165, 1.54) is 11.4 Å². The first-order chi connectivity index (χ1) is 10.2. The maximum absolute atomic E-state index is 12.3. The van der Waals surface area contributed by atoms with Crippen molar-refractivity contribution < 1.29 is 13.2 Å². The van der Waals surface area contributed by atoms with Gasteiger partial charge in [0.05, 0.1) is 4.90 Å². The Kier molecular flexibility index (Phi) is 7.03. The second-order valence-electron chi connectivity index (χ2n) is 5.84. The zero-order chi connectivity index (χ0) is 16.8. The summed E-state index contributed by atoms with van der Waals surface area (Å²) in [5.74, 6) is 0.344. The van der Waals surface area contributed by atoms with E-state index in [2.05, 4.69) is 5.32 Å². The molecule has 0 saturated heterocycles. The first-order valence-corrected chi connectivity index (χ1v) is 9.00. The number of sulfonamides is 1. The standard InChI is InChI=1S/C16H26N2O3S/c1-13(2)14(3)17-16(19)11-8-12-18(4)22(20,21)15-9-6-5-7-10-15/h5-7,9-10,13-14H,8,11-12H2,1-4H3,(H,17,19)/t14-/m1/s1. The van der Waals surface area contributed by atoms with Crippen molar-refractivity contribution in [2.45, 2.75) is 44.6 Å². The molecule has 1 aromatic carbocycles. The molecule has 1 aromatic rings. The molecule has 0 heterocycles. The van der Waals surface area contributed by atoms with Crippen LogP contribution < -0.4 is 5.32 Å². The van der Waals surface area contributed by atoms with Gasteiger partial charge in [0, 0.05) is 26.1 Å². The summed E-state index contributed by atoms with van der Waals surface area (Å²) in [4.78, 5) is 12.1. The highest BCUT2D eigenvalue weighted by molar-refractivity contribution is 7.89. The minimum Gasteiger partial charge on any atom is -0.353 e. The van der Waals surface area contributed by atoms with Crippen molar-refractivity contribution in [3.63, 3.8) is 0 Å². The first-order valence-electron chi connectivity index (χ1n) is 7.56. The molecule has 1 atom stereocenters. The highest BCUT2D eigenvalue weighted by Gasteiger charge is 2.20. The third kappa shape index (κ3) is 5.42. The van der Waals surface area contributed by atoms with Crippen molar-refractivity contribution in [2.24, 2.45) is 5.92 Å². The van der Waals surface area contributed by atoms with E-state index in [9.17, 15) is 13.2 Å². The summed E-state index contributed by atoms with van der Waals surface area (Å²) < 4.78 is 25.9. The molecule has 1 rings (SSSR count). The molecule has 1 amide bonds. The van der Waals surface area contributed by atoms with E-state index >= 15 is 0 Å². The largest absolute Gasteiger partial charge is 0.353 e. The molecule has 0 spiro atoms. The number of carbonyl (C=O) groups is 1. The molecule has 0 aromatic heterocycles. The minimum atomic E-state index is -3.47. The zero-order valence-corrected chi connectivity index (χ0v) is 14.6. The van der Waals surface area contributed by atoms with Crippen LogP contribution in [0.5, 0.6) is 0 Å². The van der Waals surface area contributed by atoms with Crippen LogP contribution in [0.4, 0.5) is 0 Å². The maximum atomic E-state index is 12.3. The molecular weight excluding hydrogens is 300 g/mol. The van der Waals surface area contributed by atoms with Gasteiger partial charge in [-0.05, 0) is 31.4 Å². The van der Waals surface area contributed by atoms with Crippen LogP contribution in [0.3, 0.4) is 0 Å². The Balaban J connectivity index is 2.47. The molecule has 0 unspecified atom stereocenters. The van der Waals surface area contributed by atoms with Gasteiger partial charge < -0.3 is 5.32 Å². The van der Waals surface area contributed by atoms with Gasteiger partial charge in [-0.25, -0.2) is 12.7 Å². The molecule has 0 aliphatic carbocycles. The van der Waals surface area contributed by atoms with Gasteiger partial charge in [0.15, 0.2) is 0 Å². The van der Waals surface area contributed by atoms with Gasteiger partial charge in [0.1, 0.15) is 0 Å². The van der Waals surface area contributed by atoms with Crippen molar-refractivity contribution in [1.82, 2.24) is 9.62 Å². The predicted octanol–water partition coefficient (Wildman–Crippen LogP) is 2.25. The van der Waals surface area contributed by atoms with Gasteiger partial charge in [0.2, 0.25) is 15.9 Å². The third-order valence-corrected chi connectivity index (χ3v) is 5.59. The van der Waals surface area contributed by atoms with Crippen LogP contribution in [-0.4, -0.2) is 38.3 Å². The van der Waals surface area contributed by atoms with Gasteiger partial charge in [0.25, 0.3) is 0 Å². The van der Waals surface area contributed by atoms with Crippen molar-refractivity contribution >= 4 is 15.9 Å². The van der Waals surface area contributed by atoms with Gasteiger partial charge >= 0.3 is 0 Å². The SMILES string of the molecule is CC(C)[C@@H](C)NC(=O)CCCN(C)S(=O)(=O)c1ccccc1. The fourth-order valence-electron chi connectivity index (χ4n) is 1.85. The number of amides is 1. The Labute approximate surface area is 133 Å². The van der Waals surface area contributed by atoms with E-state index in [0.717, 1.165) is 0 Å². The van der Waals surface area contributed by atoms with Gasteiger partial charge in [-0.3, -0.25) is 4.79 Å². The van der Waals surface area contributed by atoms with E-state index in [-0.39, 0.29) is 16.8 Å². The summed E-state index contributed by atoms with van der Waals surface area (Å²) in [7, 11) is -1.93. The van der Waals surface area contributed by atoms with E-state index in [4.69, 9.17) is 0 Å². The third-order valence-electron chi connectivity index (χ3n) is 3.72. The zero-order valence-electron chi connectivity index (χ0n) is 13.7. The highest BCUT2D eigenvalue weighted by Crippen LogP contribution is 2.14. The maximum Gasteiger partial charge on any atom is 0.242 e. The average Bonchev–Trinajstić information content (AvgIpc) is 2.47. The summed E-state index contributed by atoms with van der Waals surface area (Å²) in [5.41, 5.74) is 0. The fraction of sp³-hybridized carbons (Fsp3) is 0.562. The van der Waals surface area contributed by atoms with E-state index in [1.54, 1.807) is 30.3 Å². The van der Waals surface area contributed by atoms with E-state index < -0.39 is 10.0 Å². The lowest BCUT2D eigenvalue weighted by molar-refractivity contribution is -0.122. The van der Waals surface area contributed by atoms with Gasteiger partial charge in [-0.2, -0.15) is 0 Å². The Hall–Kier alpha value is -1.40. The summed E-state index contributed by atoms with van der Waals surface area (Å²) in [6.07, 6.45) is 0.824. The number of nitrogens with zero attached hydrogens (tertiary/aromatic N) is 1. The monoisotopic (exact) mass is 326 g/mol. The molecule has 0 saturated carbocycles. The second kappa shape index (κ2) is 8.29. The fourth-order valence-corrected chi connectivity index (χ4v) is 3.08. The summed E-state index contributed by atoms with van der Waals surface area (Å²) in [6, 6.07) is 8.44. The molecule has 0 aliphatic rings. The molecule has 1 N–H and O–H groups in total. The molecule has 6 heteroatoms. The van der Waals surface area contributed by atoms with E-state index in [1.807, 2.05) is 20.8 Å². The quantitative estimate of drug-likeness (QED) is 0.797. The topological polar surface area (TPSA) is 66.5 Å². The number of nitrogens with one attached hydrogen (secondary N) is 1. The lowest BCUT2D eigenvalue weighted by atomic mass is 10.1. The van der Waals surface area contributed by atoms with E-state index in [0.29, 0.717) is 25.3 Å². The van der Waals surface area contributed by atoms with Gasteiger partial charge in [-0.15, -0.1) is 0 Å². The minimum absolute atomic E-state index is 0.0355. The average molecular weight is 326 g/mol. The number of hydrogen-bond acceptors (Lipinski definition) is 3. The summed E-state index contributed by atoms with van der Waals surface area (Å²) in [6.45, 7) is 6.38. The van der Waals surface area contributed by atoms with Crippen molar-refractivity contribution in [3.05, 3.63) is 30.3 Å². The van der Waals surface area contributed by atoms with Crippen LogP contribution in [0.2, 0.25) is 0 Å². The van der Waals surface area contributed by atoms with Crippen molar-refractivity contribution in [1.29, 1.82) is 0 Å². The Morgan fingerprint density at radius 3 is 2.32 bits per heavy atom. The number of benzene rings is 1. The molecule has 0 bridgehead atoms. The van der Waals surface area contributed by atoms with Crippen LogP contribution in [0.25, 0.3) is 0 Å². The van der Waals surface area contributed by atoms with Crippen LogP contribution in [0, 0.1) is 5.92 Å².